The first-order valence-electron chi connectivity index (χ1n) is 8.43. The van der Waals surface area contributed by atoms with Gasteiger partial charge in [-0.05, 0) is 42.0 Å². The van der Waals surface area contributed by atoms with Crippen molar-refractivity contribution in [1.82, 2.24) is 9.38 Å². The van der Waals surface area contributed by atoms with Crippen molar-refractivity contribution in [2.24, 2.45) is 0 Å². The summed E-state index contributed by atoms with van der Waals surface area (Å²) in [5.74, 6) is 1.26. The van der Waals surface area contributed by atoms with E-state index in [1.807, 2.05) is 48.7 Å². The molecule has 0 fully saturated rings. The van der Waals surface area contributed by atoms with Crippen molar-refractivity contribution in [3.05, 3.63) is 81.6 Å². The molecule has 0 spiro atoms. The summed E-state index contributed by atoms with van der Waals surface area (Å²) in [5.41, 5.74) is 3.30. The number of hydrogen-bond donors (Lipinski definition) is 0. The molecule has 0 aliphatic rings. The van der Waals surface area contributed by atoms with Crippen LogP contribution in [-0.2, 0) is 6.61 Å². The third-order valence-corrected chi connectivity index (χ3v) is 4.98. The molecule has 0 radical (unpaired) electrons. The van der Waals surface area contributed by atoms with Gasteiger partial charge in [0.05, 0.1) is 22.8 Å². The second kappa shape index (κ2) is 7.92. The number of fused-ring (bicyclic) bond motifs is 1. The molecular formula is C21H15Cl3N2O2. The maximum absolute atomic E-state index is 6.24. The van der Waals surface area contributed by atoms with Crippen molar-refractivity contribution in [3.8, 4) is 22.8 Å². The Hall–Kier alpha value is -2.40. The van der Waals surface area contributed by atoms with E-state index in [1.54, 1.807) is 23.8 Å². The first-order chi connectivity index (χ1) is 13.5. The zero-order valence-electron chi connectivity index (χ0n) is 14.8. The van der Waals surface area contributed by atoms with Gasteiger partial charge in [-0.15, -0.1) is 0 Å². The lowest BCUT2D eigenvalue weighted by Gasteiger charge is -2.12. The van der Waals surface area contributed by atoms with Crippen LogP contribution in [0.25, 0.3) is 16.9 Å². The molecule has 2 aromatic carbocycles. The fraction of sp³-hybridized carbons (Fsp3) is 0.0952. The predicted octanol–water partition coefficient (Wildman–Crippen LogP) is 6.55. The molecule has 142 valence electrons. The van der Waals surface area contributed by atoms with Crippen LogP contribution in [0.15, 0.2) is 60.9 Å². The van der Waals surface area contributed by atoms with Crippen molar-refractivity contribution in [2.75, 3.05) is 7.11 Å². The van der Waals surface area contributed by atoms with E-state index in [9.17, 15) is 0 Å². The molecule has 28 heavy (non-hydrogen) atoms. The summed E-state index contributed by atoms with van der Waals surface area (Å²) in [6.07, 6.45) is 3.64. The monoisotopic (exact) mass is 432 g/mol. The molecule has 0 saturated carbocycles. The smallest absolute Gasteiger partial charge is 0.161 e. The minimum atomic E-state index is 0.412. The number of pyridine rings is 1. The third-order valence-electron chi connectivity index (χ3n) is 4.24. The highest BCUT2D eigenvalue weighted by molar-refractivity contribution is 6.36. The Balaban J connectivity index is 1.61. The van der Waals surface area contributed by atoms with Gasteiger partial charge in [0.1, 0.15) is 6.61 Å². The molecule has 4 nitrogen and oxygen atoms in total. The van der Waals surface area contributed by atoms with Crippen LogP contribution >= 0.6 is 34.8 Å². The number of hydrogen-bond acceptors (Lipinski definition) is 3. The topological polar surface area (TPSA) is 35.8 Å². The average molecular weight is 434 g/mol. The molecule has 0 saturated heterocycles. The van der Waals surface area contributed by atoms with Crippen LogP contribution < -0.4 is 9.47 Å². The first-order valence-corrected chi connectivity index (χ1v) is 9.56. The van der Waals surface area contributed by atoms with E-state index in [0.29, 0.717) is 38.8 Å². The first kappa shape index (κ1) is 18.9. The molecule has 0 N–H and O–H groups in total. The largest absolute Gasteiger partial charge is 0.493 e. The predicted molar refractivity (Wildman–Crippen MR) is 113 cm³/mol. The van der Waals surface area contributed by atoms with Crippen LogP contribution in [0.1, 0.15) is 5.56 Å². The van der Waals surface area contributed by atoms with Crippen molar-refractivity contribution in [1.29, 1.82) is 0 Å². The summed E-state index contributed by atoms with van der Waals surface area (Å²) in [4.78, 5) is 4.59. The fourth-order valence-corrected chi connectivity index (χ4v) is 3.50. The average Bonchev–Trinajstić information content (AvgIpc) is 3.12. The number of ether oxygens (including phenoxy) is 2. The number of rotatable bonds is 5. The Bertz CT molecular complexity index is 1140. The normalized spacial score (nSPS) is 11.0. The highest BCUT2D eigenvalue weighted by Gasteiger charge is 2.12. The van der Waals surface area contributed by atoms with Crippen molar-refractivity contribution >= 4 is 40.4 Å². The van der Waals surface area contributed by atoms with Crippen molar-refractivity contribution in [3.63, 3.8) is 0 Å². The highest BCUT2D eigenvalue weighted by atomic mass is 35.5. The quantitative estimate of drug-likeness (QED) is 0.358. The second-order valence-corrected chi connectivity index (χ2v) is 7.42. The van der Waals surface area contributed by atoms with E-state index >= 15 is 0 Å². The molecule has 0 aliphatic heterocycles. The Labute approximate surface area is 177 Å². The summed E-state index contributed by atoms with van der Waals surface area (Å²) < 4.78 is 13.2. The van der Waals surface area contributed by atoms with Crippen molar-refractivity contribution in [2.45, 2.75) is 6.61 Å². The lowest BCUT2D eigenvalue weighted by Crippen LogP contribution is -1.97. The maximum Gasteiger partial charge on any atom is 0.161 e. The van der Waals surface area contributed by atoms with Crippen molar-refractivity contribution < 1.29 is 9.47 Å². The Morgan fingerprint density at radius 2 is 1.68 bits per heavy atom. The van der Waals surface area contributed by atoms with Crippen LogP contribution in [0.3, 0.4) is 0 Å². The Morgan fingerprint density at radius 1 is 0.893 bits per heavy atom. The SMILES string of the molecule is COc1cc(-c2cn3cc(Cl)cc(Cl)c3n2)ccc1OCc1ccc(Cl)cc1. The molecule has 0 aliphatic carbocycles. The number of nitrogens with zero attached hydrogens (tertiary/aromatic N) is 2. The summed E-state index contributed by atoms with van der Waals surface area (Å²) >= 11 is 18.2. The van der Waals surface area contributed by atoms with Gasteiger partial charge in [-0.25, -0.2) is 4.98 Å². The van der Waals surface area contributed by atoms with Gasteiger partial charge >= 0.3 is 0 Å². The molecule has 2 heterocycles. The van der Waals surface area contributed by atoms with Gasteiger partial charge in [0, 0.05) is 23.0 Å². The van der Waals surface area contributed by atoms with E-state index in [4.69, 9.17) is 44.3 Å². The minimum Gasteiger partial charge on any atom is -0.493 e. The zero-order valence-corrected chi connectivity index (χ0v) is 17.1. The summed E-state index contributed by atoms with van der Waals surface area (Å²) in [6, 6.07) is 14.9. The van der Waals surface area contributed by atoms with E-state index in [-0.39, 0.29) is 0 Å². The molecule has 0 atom stereocenters. The van der Waals surface area contributed by atoms with Crippen LogP contribution in [0, 0.1) is 0 Å². The summed E-state index contributed by atoms with van der Waals surface area (Å²) in [7, 11) is 1.61. The lowest BCUT2D eigenvalue weighted by atomic mass is 10.1. The molecule has 0 amide bonds. The van der Waals surface area contributed by atoms with Gasteiger partial charge in [-0.3, -0.25) is 0 Å². The third kappa shape index (κ3) is 3.90. The molecular weight excluding hydrogens is 419 g/mol. The number of methoxy groups -OCH3 is 1. The number of benzene rings is 2. The maximum atomic E-state index is 6.24. The number of aromatic nitrogens is 2. The van der Waals surface area contributed by atoms with Crippen LogP contribution in [0.4, 0.5) is 0 Å². The van der Waals surface area contributed by atoms with Crippen LogP contribution in [0.2, 0.25) is 15.1 Å². The van der Waals surface area contributed by atoms with Gasteiger partial charge in [-0.2, -0.15) is 0 Å². The summed E-state index contributed by atoms with van der Waals surface area (Å²) in [5, 5.41) is 1.73. The van der Waals surface area contributed by atoms with E-state index < -0.39 is 0 Å². The van der Waals surface area contributed by atoms with Crippen LogP contribution in [0.5, 0.6) is 11.5 Å². The molecule has 2 aromatic heterocycles. The van der Waals surface area contributed by atoms with E-state index in [0.717, 1.165) is 16.8 Å². The molecule has 4 rings (SSSR count). The Morgan fingerprint density at radius 3 is 2.43 bits per heavy atom. The number of halogens is 3. The van der Waals surface area contributed by atoms with Crippen LogP contribution in [-0.4, -0.2) is 16.5 Å². The van der Waals surface area contributed by atoms with Gasteiger partial charge in [0.25, 0.3) is 0 Å². The minimum absolute atomic E-state index is 0.412. The molecule has 7 heteroatoms. The van der Waals surface area contributed by atoms with E-state index in [2.05, 4.69) is 4.98 Å². The second-order valence-electron chi connectivity index (χ2n) is 6.14. The highest BCUT2D eigenvalue weighted by Crippen LogP contribution is 2.34. The van der Waals surface area contributed by atoms with Gasteiger partial charge in [0.2, 0.25) is 0 Å². The van der Waals surface area contributed by atoms with Gasteiger partial charge < -0.3 is 13.9 Å². The van der Waals surface area contributed by atoms with E-state index in [1.165, 1.54) is 0 Å². The molecule has 0 bridgehead atoms. The fourth-order valence-electron chi connectivity index (χ4n) is 2.85. The standard InChI is InChI=1S/C21H15Cl3N2O2/c1-27-20-8-14(18-11-26-10-16(23)9-17(24)21(26)25-18)4-7-19(20)28-12-13-2-5-15(22)6-3-13/h2-11H,12H2,1H3. The van der Waals surface area contributed by atoms with Gasteiger partial charge in [0.15, 0.2) is 17.1 Å². The zero-order chi connectivity index (χ0) is 19.7. The molecule has 0 unspecified atom stereocenters. The number of imidazole rings is 1. The van der Waals surface area contributed by atoms with Gasteiger partial charge in [-0.1, -0.05) is 46.9 Å². The lowest BCUT2D eigenvalue weighted by molar-refractivity contribution is 0.284. The molecule has 4 aromatic rings. The summed E-state index contributed by atoms with van der Waals surface area (Å²) in [6.45, 7) is 0.412. The Kier molecular flexibility index (Phi) is 5.36.